The first kappa shape index (κ1) is 18.4. The molecule has 2 aliphatic rings. The molecule has 6 heteroatoms. The van der Waals surface area contributed by atoms with Crippen LogP contribution in [-0.2, 0) is 10.0 Å². The van der Waals surface area contributed by atoms with Gasteiger partial charge in [0.25, 0.3) is 5.91 Å². The summed E-state index contributed by atoms with van der Waals surface area (Å²) in [6, 6.07) is 6.99. The smallest absolute Gasteiger partial charge is 0.254 e. The second-order valence-electron chi connectivity index (χ2n) is 7.38. The molecule has 1 amide bonds. The molecule has 1 heterocycles. The zero-order valence-corrected chi connectivity index (χ0v) is 16.0. The Labute approximate surface area is 151 Å². The SMILES string of the molecule is CC(C)N(C(=O)c1cccc(S(=O)(=O)N2CCCCCC2)c1)C1CC1. The predicted octanol–water partition coefficient (Wildman–Crippen LogP) is 3.26. The third-order valence-electron chi connectivity index (χ3n) is 5.01. The highest BCUT2D eigenvalue weighted by molar-refractivity contribution is 7.89. The van der Waals surface area contributed by atoms with Crippen LogP contribution in [0.25, 0.3) is 0 Å². The molecule has 1 aromatic rings. The molecule has 0 bridgehead atoms. The van der Waals surface area contributed by atoms with E-state index in [0.717, 1.165) is 38.5 Å². The van der Waals surface area contributed by atoms with Crippen LogP contribution in [0.3, 0.4) is 0 Å². The van der Waals surface area contributed by atoms with E-state index in [1.165, 1.54) is 0 Å². The Morgan fingerprint density at radius 2 is 1.76 bits per heavy atom. The molecule has 0 atom stereocenters. The monoisotopic (exact) mass is 364 g/mol. The third-order valence-corrected chi connectivity index (χ3v) is 6.91. The topological polar surface area (TPSA) is 57.7 Å². The molecule has 0 spiro atoms. The van der Waals surface area contributed by atoms with Gasteiger partial charge in [0.15, 0.2) is 0 Å². The largest absolute Gasteiger partial charge is 0.333 e. The number of carbonyl (C=O) groups excluding carboxylic acids is 1. The van der Waals surface area contributed by atoms with E-state index in [1.54, 1.807) is 28.6 Å². The Hall–Kier alpha value is -1.40. The van der Waals surface area contributed by atoms with Gasteiger partial charge in [-0.25, -0.2) is 8.42 Å². The molecule has 3 rings (SSSR count). The fraction of sp³-hybridized carbons (Fsp3) is 0.632. The lowest BCUT2D eigenvalue weighted by molar-refractivity contribution is 0.0690. The third kappa shape index (κ3) is 4.06. The zero-order valence-electron chi connectivity index (χ0n) is 15.1. The zero-order chi connectivity index (χ0) is 18.0. The first-order valence-corrected chi connectivity index (χ1v) is 10.8. The molecule has 25 heavy (non-hydrogen) atoms. The summed E-state index contributed by atoms with van der Waals surface area (Å²) in [7, 11) is -3.53. The summed E-state index contributed by atoms with van der Waals surface area (Å²) in [6.45, 7) is 5.16. The number of hydrogen-bond donors (Lipinski definition) is 0. The van der Waals surface area contributed by atoms with Gasteiger partial charge in [-0.15, -0.1) is 0 Å². The van der Waals surface area contributed by atoms with Crippen molar-refractivity contribution in [1.82, 2.24) is 9.21 Å². The van der Waals surface area contributed by atoms with Gasteiger partial charge in [0, 0.05) is 30.7 Å². The van der Waals surface area contributed by atoms with Gasteiger partial charge in [-0.3, -0.25) is 4.79 Å². The fourth-order valence-corrected chi connectivity index (χ4v) is 5.11. The molecule has 0 unspecified atom stereocenters. The lowest BCUT2D eigenvalue weighted by atomic mass is 10.1. The van der Waals surface area contributed by atoms with Crippen molar-refractivity contribution in [2.75, 3.05) is 13.1 Å². The van der Waals surface area contributed by atoms with Gasteiger partial charge in [-0.1, -0.05) is 18.9 Å². The molecule has 0 aromatic heterocycles. The lowest BCUT2D eigenvalue weighted by Gasteiger charge is -2.27. The summed E-state index contributed by atoms with van der Waals surface area (Å²) in [5.74, 6) is -0.0644. The molecule has 0 radical (unpaired) electrons. The second kappa shape index (κ2) is 7.46. The van der Waals surface area contributed by atoms with Crippen LogP contribution < -0.4 is 0 Å². The van der Waals surface area contributed by atoms with E-state index >= 15 is 0 Å². The Bertz CT molecular complexity index is 716. The number of amides is 1. The molecule has 1 aliphatic heterocycles. The molecule has 1 saturated carbocycles. The quantitative estimate of drug-likeness (QED) is 0.806. The van der Waals surface area contributed by atoms with Crippen molar-refractivity contribution in [3.63, 3.8) is 0 Å². The Balaban J connectivity index is 1.86. The minimum Gasteiger partial charge on any atom is -0.333 e. The van der Waals surface area contributed by atoms with Crippen LogP contribution in [-0.4, -0.2) is 48.7 Å². The van der Waals surface area contributed by atoms with Gasteiger partial charge in [-0.2, -0.15) is 4.31 Å². The van der Waals surface area contributed by atoms with Crippen molar-refractivity contribution in [3.8, 4) is 0 Å². The lowest BCUT2D eigenvalue weighted by Crippen LogP contribution is -2.39. The van der Waals surface area contributed by atoms with Crippen LogP contribution in [0.2, 0.25) is 0 Å². The normalized spacial score (nSPS) is 19.6. The maximum atomic E-state index is 13.0. The summed E-state index contributed by atoms with van der Waals surface area (Å²) in [5, 5.41) is 0. The maximum Gasteiger partial charge on any atom is 0.254 e. The molecule has 1 aliphatic carbocycles. The molecular weight excluding hydrogens is 336 g/mol. The van der Waals surface area contributed by atoms with E-state index in [9.17, 15) is 13.2 Å². The van der Waals surface area contributed by atoms with E-state index in [4.69, 9.17) is 0 Å². The Kier molecular flexibility index (Phi) is 5.49. The minimum absolute atomic E-state index is 0.0644. The number of carbonyl (C=O) groups is 1. The summed E-state index contributed by atoms with van der Waals surface area (Å²) >= 11 is 0. The van der Waals surface area contributed by atoms with Crippen molar-refractivity contribution in [3.05, 3.63) is 29.8 Å². The molecule has 0 N–H and O–H groups in total. The summed E-state index contributed by atoms with van der Waals surface area (Å²) in [6.07, 6.45) is 6.04. The standard InChI is InChI=1S/C19H28N2O3S/c1-15(2)21(17-10-11-17)19(22)16-8-7-9-18(14-16)25(23,24)20-12-5-3-4-6-13-20/h7-9,14-15,17H,3-6,10-13H2,1-2H3. The van der Waals surface area contributed by atoms with Gasteiger partial charge in [0.1, 0.15) is 0 Å². The van der Waals surface area contributed by atoms with Gasteiger partial charge >= 0.3 is 0 Å². The number of benzene rings is 1. The molecule has 5 nitrogen and oxygen atoms in total. The van der Waals surface area contributed by atoms with Gasteiger partial charge in [0.2, 0.25) is 10.0 Å². The average molecular weight is 365 g/mol. The highest BCUT2D eigenvalue weighted by Gasteiger charge is 2.35. The van der Waals surface area contributed by atoms with Crippen LogP contribution in [0.4, 0.5) is 0 Å². The van der Waals surface area contributed by atoms with Gasteiger partial charge in [-0.05, 0) is 57.7 Å². The molecule has 2 fully saturated rings. The van der Waals surface area contributed by atoms with E-state index < -0.39 is 10.0 Å². The van der Waals surface area contributed by atoms with E-state index in [-0.39, 0.29) is 16.8 Å². The molecule has 1 saturated heterocycles. The summed E-state index contributed by atoms with van der Waals surface area (Å²) < 4.78 is 27.5. The van der Waals surface area contributed by atoms with Gasteiger partial charge < -0.3 is 4.90 Å². The number of hydrogen-bond acceptors (Lipinski definition) is 3. The summed E-state index contributed by atoms with van der Waals surface area (Å²) in [4.78, 5) is 15.0. The van der Waals surface area contributed by atoms with Crippen molar-refractivity contribution < 1.29 is 13.2 Å². The molecular formula is C19H28N2O3S. The highest BCUT2D eigenvalue weighted by atomic mass is 32.2. The summed E-state index contributed by atoms with van der Waals surface area (Å²) in [5.41, 5.74) is 0.469. The molecule has 138 valence electrons. The van der Waals surface area contributed by atoms with Crippen molar-refractivity contribution in [2.45, 2.75) is 69.4 Å². The van der Waals surface area contributed by atoms with E-state index in [0.29, 0.717) is 24.7 Å². The maximum absolute atomic E-state index is 13.0. The van der Waals surface area contributed by atoms with Crippen LogP contribution in [0.1, 0.15) is 62.7 Å². The number of nitrogens with zero attached hydrogens (tertiary/aromatic N) is 2. The van der Waals surface area contributed by atoms with Crippen molar-refractivity contribution in [2.24, 2.45) is 0 Å². The van der Waals surface area contributed by atoms with Crippen LogP contribution in [0.5, 0.6) is 0 Å². The first-order valence-electron chi connectivity index (χ1n) is 9.34. The number of rotatable bonds is 5. The van der Waals surface area contributed by atoms with Crippen LogP contribution in [0, 0.1) is 0 Å². The van der Waals surface area contributed by atoms with Crippen LogP contribution in [0.15, 0.2) is 29.2 Å². The molecule has 1 aromatic carbocycles. The average Bonchev–Trinajstić information content (AvgIpc) is 3.41. The van der Waals surface area contributed by atoms with Crippen molar-refractivity contribution >= 4 is 15.9 Å². The van der Waals surface area contributed by atoms with Gasteiger partial charge in [0.05, 0.1) is 4.90 Å². The Morgan fingerprint density at radius 3 is 2.32 bits per heavy atom. The first-order chi connectivity index (χ1) is 11.9. The van der Waals surface area contributed by atoms with E-state index in [2.05, 4.69) is 0 Å². The predicted molar refractivity (Wildman–Crippen MR) is 98.0 cm³/mol. The van der Waals surface area contributed by atoms with Crippen molar-refractivity contribution in [1.29, 1.82) is 0 Å². The fourth-order valence-electron chi connectivity index (χ4n) is 3.54. The number of sulfonamides is 1. The second-order valence-corrected chi connectivity index (χ2v) is 9.32. The Morgan fingerprint density at radius 1 is 1.12 bits per heavy atom. The minimum atomic E-state index is -3.53. The van der Waals surface area contributed by atoms with Crippen LogP contribution >= 0.6 is 0 Å². The highest BCUT2D eigenvalue weighted by Crippen LogP contribution is 2.30. The van der Waals surface area contributed by atoms with E-state index in [1.807, 2.05) is 18.7 Å².